The molecule has 2 N–H and O–H groups in total. The maximum atomic E-state index is 11.5. The lowest BCUT2D eigenvalue weighted by molar-refractivity contribution is 0.0860. The number of nitrogens with zero attached hydrogens (tertiary/aromatic N) is 5. The van der Waals surface area contributed by atoms with E-state index in [1.165, 1.54) is 30.3 Å². The summed E-state index contributed by atoms with van der Waals surface area (Å²) >= 11 is 0. The lowest BCUT2D eigenvalue weighted by Crippen LogP contribution is -2.38. The largest absolute Gasteiger partial charge is 0.390 e. The summed E-state index contributed by atoms with van der Waals surface area (Å²) in [5, 5.41) is 17.9. The van der Waals surface area contributed by atoms with E-state index >= 15 is 0 Å². The molecule has 0 radical (unpaired) electrons. The predicted molar refractivity (Wildman–Crippen MR) is 72.2 cm³/mol. The Hall–Kier alpha value is -1.80. The molecule has 0 bridgehead atoms. The minimum Gasteiger partial charge on any atom is -0.390 e. The van der Waals surface area contributed by atoms with Gasteiger partial charge in [-0.2, -0.15) is 0 Å². The van der Waals surface area contributed by atoms with Crippen LogP contribution < -0.4 is 5.56 Å². The molecule has 0 saturated carbocycles. The van der Waals surface area contributed by atoms with Gasteiger partial charge in [0.25, 0.3) is 5.56 Å². The normalized spacial score (nSPS) is 18.4. The third-order valence-electron chi connectivity index (χ3n) is 3.61. The van der Waals surface area contributed by atoms with Crippen molar-refractivity contribution in [1.82, 2.24) is 29.9 Å². The van der Waals surface area contributed by atoms with E-state index in [-0.39, 0.29) is 11.1 Å². The van der Waals surface area contributed by atoms with Crippen molar-refractivity contribution in [3.05, 3.63) is 16.7 Å². The molecule has 3 rings (SSSR count). The van der Waals surface area contributed by atoms with Crippen LogP contribution in [0, 0.1) is 0 Å². The van der Waals surface area contributed by atoms with Gasteiger partial charge < -0.3 is 15.0 Å². The lowest BCUT2D eigenvalue weighted by Gasteiger charge is -2.28. The first-order valence-corrected chi connectivity index (χ1v) is 6.91. The molecule has 0 spiro atoms. The SMILES string of the molecule is O=c1[nH]cnc2c1nnn2CC(O)CN1CCCCC1. The van der Waals surface area contributed by atoms with Gasteiger partial charge in [0.15, 0.2) is 11.2 Å². The fraction of sp³-hybridized carbons (Fsp3) is 0.667. The van der Waals surface area contributed by atoms with Gasteiger partial charge >= 0.3 is 0 Å². The molecule has 108 valence electrons. The standard InChI is InChI=1S/C12H18N6O2/c19-9(6-17-4-2-1-3-5-17)7-18-11-10(15-16-18)12(20)14-8-13-11/h8-9,19H,1-7H2,(H,13,14,20). The van der Waals surface area contributed by atoms with Crippen LogP contribution in [0.5, 0.6) is 0 Å². The summed E-state index contributed by atoms with van der Waals surface area (Å²) in [7, 11) is 0. The molecule has 1 aliphatic heterocycles. The predicted octanol–water partition coefficient (Wildman–Crippen LogP) is -0.639. The molecule has 3 heterocycles. The number of fused-ring (bicyclic) bond motifs is 1. The Morgan fingerprint density at radius 3 is 2.90 bits per heavy atom. The second kappa shape index (κ2) is 5.68. The van der Waals surface area contributed by atoms with Crippen molar-refractivity contribution in [3.63, 3.8) is 0 Å². The Kier molecular flexibility index (Phi) is 3.75. The van der Waals surface area contributed by atoms with Crippen LogP contribution >= 0.6 is 0 Å². The first kappa shape index (κ1) is 13.2. The Morgan fingerprint density at radius 2 is 2.10 bits per heavy atom. The summed E-state index contributed by atoms with van der Waals surface area (Å²) in [4.78, 5) is 20.3. The van der Waals surface area contributed by atoms with Crippen molar-refractivity contribution < 1.29 is 5.11 Å². The van der Waals surface area contributed by atoms with Crippen LogP contribution in [-0.2, 0) is 6.54 Å². The van der Waals surface area contributed by atoms with Crippen molar-refractivity contribution in [3.8, 4) is 0 Å². The number of rotatable bonds is 4. The van der Waals surface area contributed by atoms with Crippen LogP contribution in [0.3, 0.4) is 0 Å². The highest BCUT2D eigenvalue weighted by Gasteiger charge is 2.17. The molecule has 0 amide bonds. The summed E-state index contributed by atoms with van der Waals surface area (Å²) in [5.41, 5.74) is 0.302. The Balaban J connectivity index is 1.69. The third-order valence-corrected chi connectivity index (χ3v) is 3.61. The number of piperidine rings is 1. The summed E-state index contributed by atoms with van der Waals surface area (Å²) in [6.07, 6.45) is 4.43. The van der Waals surface area contributed by atoms with Crippen LogP contribution in [0.1, 0.15) is 19.3 Å². The van der Waals surface area contributed by atoms with Crippen LogP contribution in [0.4, 0.5) is 0 Å². The zero-order chi connectivity index (χ0) is 13.9. The molecule has 0 aliphatic carbocycles. The highest BCUT2D eigenvalue weighted by atomic mass is 16.3. The van der Waals surface area contributed by atoms with Gasteiger partial charge in [0.1, 0.15) is 0 Å². The minimum atomic E-state index is -0.543. The molecule has 1 fully saturated rings. The van der Waals surface area contributed by atoms with Gasteiger partial charge in [0.2, 0.25) is 0 Å². The number of β-amino-alcohol motifs (C(OH)–C–C–N with tert-alkyl or cyclic N) is 1. The summed E-state index contributed by atoms with van der Waals surface area (Å²) in [6.45, 7) is 2.98. The highest BCUT2D eigenvalue weighted by molar-refractivity contribution is 5.67. The molecular weight excluding hydrogens is 260 g/mol. The minimum absolute atomic E-state index is 0.206. The first-order valence-electron chi connectivity index (χ1n) is 6.91. The van der Waals surface area contributed by atoms with Gasteiger partial charge in [-0.3, -0.25) is 4.79 Å². The van der Waals surface area contributed by atoms with Crippen molar-refractivity contribution >= 4 is 11.2 Å². The van der Waals surface area contributed by atoms with Crippen molar-refractivity contribution in [2.24, 2.45) is 0 Å². The van der Waals surface area contributed by atoms with Gasteiger partial charge in [0.05, 0.1) is 19.0 Å². The Labute approximate surface area is 115 Å². The van der Waals surface area contributed by atoms with E-state index in [4.69, 9.17) is 0 Å². The highest BCUT2D eigenvalue weighted by Crippen LogP contribution is 2.10. The second-order valence-corrected chi connectivity index (χ2v) is 5.19. The molecule has 2 aromatic rings. The third kappa shape index (κ3) is 2.70. The van der Waals surface area contributed by atoms with Gasteiger partial charge in [-0.1, -0.05) is 11.6 Å². The number of aliphatic hydroxyl groups excluding tert-OH is 1. The number of likely N-dealkylation sites (tertiary alicyclic amines) is 1. The molecule has 8 heteroatoms. The number of hydrogen-bond acceptors (Lipinski definition) is 6. The molecular formula is C12H18N6O2. The topological polar surface area (TPSA) is 99.9 Å². The van der Waals surface area contributed by atoms with Crippen molar-refractivity contribution in [2.75, 3.05) is 19.6 Å². The Morgan fingerprint density at radius 1 is 1.30 bits per heavy atom. The lowest BCUT2D eigenvalue weighted by atomic mass is 10.1. The molecule has 1 unspecified atom stereocenters. The van der Waals surface area contributed by atoms with Gasteiger partial charge in [0, 0.05) is 6.54 Å². The van der Waals surface area contributed by atoms with Gasteiger partial charge in [-0.05, 0) is 25.9 Å². The van der Waals surface area contributed by atoms with Crippen LogP contribution in [-0.4, -0.2) is 60.7 Å². The monoisotopic (exact) mass is 278 g/mol. The number of H-pyrrole nitrogens is 1. The molecule has 2 aromatic heterocycles. The van der Waals surface area contributed by atoms with E-state index in [0.29, 0.717) is 18.7 Å². The molecule has 1 atom stereocenters. The van der Waals surface area contributed by atoms with Crippen LogP contribution in [0.25, 0.3) is 11.2 Å². The van der Waals surface area contributed by atoms with E-state index < -0.39 is 6.10 Å². The van der Waals surface area contributed by atoms with E-state index in [1.54, 1.807) is 0 Å². The number of aromatic nitrogens is 5. The average Bonchev–Trinajstić information content (AvgIpc) is 2.84. The summed E-state index contributed by atoms with van der Waals surface area (Å²) < 4.78 is 1.49. The maximum absolute atomic E-state index is 11.5. The Bertz CT molecular complexity index is 630. The van der Waals surface area contributed by atoms with Crippen molar-refractivity contribution in [1.29, 1.82) is 0 Å². The van der Waals surface area contributed by atoms with Gasteiger partial charge in [-0.25, -0.2) is 9.67 Å². The quantitative estimate of drug-likeness (QED) is 0.772. The second-order valence-electron chi connectivity index (χ2n) is 5.19. The fourth-order valence-corrected chi connectivity index (χ4v) is 2.62. The number of nitrogens with one attached hydrogen (secondary N) is 1. The van der Waals surface area contributed by atoms with Crippen LogP contribution in [0.15, 0.2) is 11.1 Å². The molecule has 1 saturated heterocycles. The smallest absolute Gasteiger partial charge is 0.280 e. The van der Waals surface area contributed by atoms with E-state index in [0.717, 1.165) is 13.1 Å². The zero-order valence-corrected chi connectivity index (χ0v) is 11.2. The van der Waals surface area contributed by atoms with E-state index in [2.05, 4.69) is 25.2 Å². The number of aliphatic hydroxyl groups is 1. The fourth-order valence-electron chi connectivity index (χ4n) is 2.62. The zero-order valence-electron chi connectivity index (χ0n) is 11.2. The molecule has 1 aliphatic rings. The summed E-state index contributed by atoms with van der Waals surface area (Å²) in [6, 6.07) is 0. The number of aromatic amines is 1. The average molecular weight is 278 g/mol. The first-order chi connectivity index (χ1) is 9.74. The molecule has 8 nitrogen and oxygen atoms in total. The maximum Gasteiger partial charge on any atom is 0.280 e. The van der Waals surface area contributed by atoms with Crippen molar-refractivity contribution in [2.45, 2.75) is 31.9 Å². The summed E-state index contributed by atoms with van der Waals surface area (Å²) in [5.74, 6) is 0. The van der Waals surface area contributed by atoms with Crippen LogP contribution in [0.2, 0.25) is 0 Å². The molecule has 20 heavy (non-hydrogen) atoms. The van der Waals surface area contributed by atoms with E-state index in [9.17, 15) is 9.90 Å². The van der Waals surface area contributed by atoms with E-state index in [1.807, 2.05) is 0 Å². The molecule has 0 aromatic carbocycles. The van der Waals surface area contributed by atoms with Gasteiger partial charge in [-0.15, -0.1) is 5.10 Å². The number of hydrogen-bond donors (Lipinski definition) is 2.